The van der Waals surface area contributed by atoms with E-state index in [4.69, 9.17) is 14.2 Å². The van der Waals surface area contributed by atoms with E-state index in [2.05, 4.69) is 37.8 Å². The van der Waals surface area contributed by atoms with E-state index in [0.717, 1.165) is 18.4 Å². The largest absolute Gasteiger partial charge is 0.496 e. The molecule has 0 aliphatic heterocycles. The summed E-state index contributed by atoms with van der Waals surface area (Å²) in [5, 5.41) is 4.38. The summed E-state index contributed by atoms with van der Waals surface area (Å²) < 4.78 is 17.8. The molecule has 0 bridgehead atoms. The van der Waals surface area contributed by atoms with Crippen LogP contribution < -0.4 is 14.2 Å². The maximum absolute atomic E-state index is 13.6. The molecule has 7 nitrogen and oxygen atoms in total. The van der Waals surface area contributed by atoms with Crippen LogP contribution in [0.2, 0.25) is 0 Å². The second-order valence-electron chi connectivity index (χ2n) is 8.50. The maximum Gasteiger partial charge on any atom is 0.336 e. The van der Waals surface area contributed by atoms with E-state index in [9.17, 15) is 4.79 Å². The zero-order chi connectivity index (χ0) is 23.3. The second-order valence-corrected chi connectivity index (χ2v) is 8.50. The number of hydrogen-bond acceptors (Lipinski definition) is 6. The van der Waals surface area contributed by atoms with Crippen LogP contribution in [0.15, 0.2) is 42.5 Å². The third-order valence-corrected chi connectivity index (χ3v) is 5.16. The molecule has 0 radical (unpaired) electrons. The Bertz CT molecular complexity index is 1040. The molecule has 1 heterocycles. The predicted molar refractivity (Wildman–Crippen MR) is 124 cm³/mol. The number of ether oxygens (including phenoxy) is 3. The zero-order valence-corrected chi connectivity index (χ0v) is 19.6. The van der Waals surface area contributed by atoms with Gasteiger partial charge < -0.3 is 14.2 Å². The van der Waals surface area contributed by atoms with Crippen molar-refractivity contribution in [1.29, 1.82) is 0 Å². The first-order valence-electron chi connectivity index (χ1n) is 10.8. The Labute approximate surface area is 189 Å². The molecule has 170 valence electrons. The lowest BCUT2D eigenvalue weighted by Gasteiger charge is -2.19. The Morgan fingerprint density at radius 2 is 1.62 bits per heavy atom. The molecule has 0 aliphatic carbocycles. The summed E-state index contributed by atoms with van der Waals surface area (Å²) in [6.45, 7) is 9.02. The van der Waals surface area contributed by atoms with Gasteiger partial charge in [-0.25, -0.2) is 0 Å². The Morgan fingerprint density at radius 3 is 2.16 bits per heavy atom. The zero-order valence-electron chi connectivity index (χ0n) is 19.6. The fraction of sp³-hybridized carbons (Fsp3) is 0.400. The summed E-state index contributed by atoms with van der Waals surface area (Å²) in [6, 6.07) is 13.3. The Hall–Kier alpha value is -3.35. The van der Waals surface area contributed by atoms with Gasteiger partial charge in [-0.1, -0.05) is 64.4 Å². The summed E-state index contributed by atoms with van der Waals surface area (Å²) in [4.78, 5) is 18.1. The fourth-order valence-corrected chi connectivity index (χ4v) is 3.28. The normalized spacial score (nSPS) is 11.3. The first-order valence-corrected chi connectivity index (χ1v) is 10.8. The molecule has 0 N–H and O–H groups in total. The van der Waals surface area contributed by atoms with Crippen molar-refractivity contribution in [2.75, 3.05) is 20.8 Å². The van der Waals surface area contributed by atoms with Crippen LogP contribution in [-0.4, -0.2) is 41.5 Å². The average Bonchev–Trinajstić information content (AvgIpc) is 3.22. The van der Waals surface area contributed by atoms with Crippen LogP contribution in [0, 0.1) is 0 Å². The maximum atomic E-state index is 13.6. The number of benzene rings is 2. The van der Waals surface area contributed by atoms with Crippen molar-refractivity contribution in [2.45, 2.75) is 46.0 Å². The highest BCUT2D eigenvalue weighted by Gasteiger charge is 2.26. The number of unbranched alkanes of at least 4 members (excludes halogenated alkanes) is 1. The lowest BCUT2D eigenvalue weighted by molar-refractivity contribution is 0.0938. The van der Waals surface area contributed by atoms with Gasteiger partial charge >= 0.3 is 6.01 Å². The summed E-state index contributed by atoms with van der Waals surface area (Å²) in [5.41, 5.74) is 2.24. The highest BCUT2D eigenvalue weighted by molar-refractivity contribution is 6.02. The number of rotatable bonds is 8. The van der Waals surface area contributed by atoms with Gasteiger partial charge in [0.05, 0.1) is 20.8 Å². The van der Waals surface area contributed by atoms with Crippen molar-refractivity contribution < 1.29 is 19.0 Å². The monoisotopic (exact) mass is 437 g/mol. The second kappa shape index (κ2) is 9.85. The van der Waals surface area contributed by atoms with Crippen LogP contribution in [0.1, 0.15) is 56.5 Å². The van der Waals surface area contributed by atoms with E-state index < -0.39 is 5.91 Å². The van der Waals surface area contributed by atoms with Gasteiger partial charge in [0, 0.05) is 5.56 Å². The third kappa shape index (κ3) is 4.93. The Kier molecular flexibility index (Phi) is 7.18. The standard InChI is InChI=1S/C25H31N3O4/c1-7-8-16-32-24-26-22(17-12-14-18(15-13-17)25(2,3)4)28(27-24)23(29)21-19(30-5)10-9-11-20(21)31-6/h9-15H,7-8,16H2,1-6H3. The van der Waals surface area contributed by atoms with Gasteiger partial charge in [0.2, 0.25) is 0 Å². The SMILES string of the molecule is CCCCOc1nc(-c2ccc(C(C)(C)C)cc2)n(C(=O)c2c(OC)cccc2OC)n1. The van der Waals surface area contributed by atoms with Crippen LogP contribution >= 0.6 is 0 Å². The molecular formula is C25H31N3O4. The number of carbonyl (C=O) groups is 1. The molecule has 0 unspecified atom stereocenters. The highest BCUT2D eigenvalue weighted by atomic mass is 16.5. The van der Waals surface area contributed by atoms with Crippen molar-refractivity contribution in [2.24, 2.45) is 0 Å². The molecule has 0 saturated carbocycles. The van der Waals surface area contributed by atoms with Crippen LogP contribution in [0.25, 0.3) is 11.4 Å². The van der Waals surface area contributed by atoms with Gasteiger partial charge in [-0.3, -0.25) is 4.79 Å². The molecule has 0 fully saturated rings. The number of methoxy groups -OCH3 is 2. The topological polar surface area (TPSA) is 75.5 Å². The minimum Gasteiger partial charge on any atom is -0.496 e. The average molecular weight is 438 g/mol. The molecule has 0 aliphatic rings. The van der Waals surface area contributed by atoms with Gasteiger partial charge in [0.1, 0.15) is 17.1 Å². The molecule has 0 saturated heterocycles. The quantitative estimate of drug-likeness (QED) is 0.455. The molecular weight excluding hydrogens is 406 g/mol. The third-order valence-electron chi connectivity index (χ3n) is 5.16. The summed E-state index contributed by atoms with van der Waals surface area (Å²) in [7, 11) is 3.02. The van der Waals surface area contributed by atoms with Gasteiger partial charge in [0.25, 0.3) is 5.91 Å². The van der Waals surface area contributed by atoms with Crippen molar-refractivity contribution in [3.05, 3.63) is 53.6 Å². The summed E-state index contributed by atoms with van der Waals surface area (Å²) in [6.07, 6.45) is 1.86. The van der Waals surface area contributed by atoms with Crippen LogP contribution in [0.3, 0.4) is 0 Å². The number of carbonyl (C=O) groups excluding carboxylic acids is 1. The van der Waals surface area contributed by atoms with Gasteiger partial charge in [0.15, 0.2) is 5.82 Å². The van der Waals surface area contributed by atoms with E-state index >= 15 is 0 Å². The van der Waals surface area contributed by atoms with E-state index in [1.807, 2.05) is 24.3 Å². The Morgan fingerprint density at radius 1 is 1.00 bits per heavy atom. The fourth-order valence-electron chi connectivity index (χ4n) is 3.28. The summed E-state index contributed by atoms with van der Waals surface area (Å²) in [5.74, 6) is 0.779. The minimum atomic E-state index is -0.410. The van der Waals surface area contributed by atoms with E-state index in [0.29, 0.717) is 23.9 Å². The predicted octanol–water partition coefficient (Wildman–Crippen LogP) is 5.13. The van der Waals surface area contributed by atoms with Crippen molar-refractivity contribution >= 4 is 5.91 Å². The Balaban J connectivity index is 2.10. The molecule has 3 aromatic rings. The lowest BCUT2D eigenvalue weighted by Crippen LogP contribution is -2.17. The van der Waals surface area contributed by atoms with E-state index in [-0.39, 0.29) is 17.0 Å². The molecule has 0 amide bonds. The van der Waals surface area contributed by atoms with E-state index in [1.54, 1.807) is 18.2 Å². The summed E-state index contributed by atoms with van der Waals surface area (Å²) >= 11 is 0. The van der Waals surface area contributed by atoms with E-state index in [1.165, 1.54) is 24.5 Å². The smallest absolute Gasteiger partial charge is 0.336 e. The molecule has 7 heteroatoms. The van der Waals surface area contributed by atoms with Crippen LogP contribution in [0.4, 0.5) is 0 Å². The number of hydrogen-bond donors (Lipinski definition) is 0. The lowest BCUT2D eigenvalue weighted by atomic mass is 9.87. The van der Waals surface area contributed by atoms with Crippen molar-refractivity contribution in [3.8, 4) is 28.9 Å². The van der Waals surface area contributed by atoms with Crippen LogP contribution in [-0.2, 0) is 5.41 Å². The molecule has 32 heavy (non-hydrogen) atoms. The molecule has 1 aromatic heterocycles. The molecule has 3 rings (SSSR count). The van der Waals surface area contributed by atoms with Crippen molar-refractivity contribution in [1.82, 2.24) is 14.8 Å². The molecule has 0 atom stereocenters. The molecule has 0 spiro atoms. The van der Waals surface area contributed by atoms with Crippen molar-refractivity contribution in [3.63, 3.8) is 0 Å². The number of nitrogens with zero attached hydrogens (tertiary/aromatic N) is 3. The highest BCUT2D eigenvalue weighted by Crippen LogP contribution is 2.31. The van der Waals surface area contributed by atoms with Gasteiger partial charge in [-0.2, -0.15) is 9.67 Å². The van der Waals surface area contributed by atoms with Gasteiger partial charge in [-0.05, 0) is 29.5 Å². The molecule has 2 aromatic carbocycles. The first-order chi connectivity index (χ1) is 15.3. The first kappa shape index (κ1) is 23.3. The van der Waals surface area contributed by atoms with Gasteiger partial charge in [-0.15, -0.1) is 5.10 Å². The van der Waals surface area contributed by atoms with Crippen LogP contribution in [0.5, 0.6) is 17.5 Å². The number of aromatic nitrogens is 3. The minimum absolute atomic E-state index is 0.0151.